The van der Waals surface area contributed by atoms with Crippen LogP contribution >= 0.6 is 22.9 Å². The van der Waals surface area contributed by atoms with Gasteiger partial charge in [0.05, 0.1) is 15.2 Å². The maximum Gasteiger partial charge on any atom is 0.130 e. The Balaban J connectivity index is 1.25. The van der Waals surface area contributed by atoms with Crippen LogP contribution in [0, 0.1) is 0 Å². The predicted octanol–water partition coefficient (Wildman–Crippen LogP) is 4.10. The van der Waals surface area contributed by atoms with Gasteiger partial charge in [0.1, 0.15) is 5.82 Å². The SMILES string of the molecule is Clc1ccnc(N2CCN(CCCc3nc4ccccc4s3)CC2)c1. The summed E-state index contributed by atoms with van der Waals surface area (Å²) < 4.78 is 1.29. The number of halogens is 1. The van der Waals surface area contributed by atoms with Gasteiger partial charge >= 0.3 is 0 Å². The lowest BCUT2D eigenvalue weighted by atomic mass is 10.2. The van der Waals surface area contributed by atoms with Crippen molar-refractivity contribution in [3.8, 4) is 0 Å². The molecule has 4 nitrogen and oxygen atoms in total. The van der Waals surface area contributed by atoms with Gasteiger partial charge in [0, 0.05) is 43.8 Å². The van der Waals surface area contributed by atoms with E-state index in [9.17, 15) is 0 Å². The molecule has 1 aliphatic heterocycles. The Morgan fingerprint density at radius 3 is 2.72 bits per heavy atom. The van der Waals surface area contributed by atoms with Crippen LogP contribution in [-0.2, 0) is 6.42 Å². The zero-order valence-electron chi connectivity index (χ0n) is 14.1. The molecule has 1 aliphatic rings. The first kappa shape index (κ1) is 16.8. The van der Waals surface area contributed by atoms with Crippen molar-refractivity contribution in [3.05, 3.63) is 52.6 Å². The van der Waals surface area contributed by atoms with E-state index in [1.165, 1.54) is 9.71 Å². The zero-order valence-corrected chi connectivity index (χ0v) is 15.6. The number of para-hydroxylation sites is 1. The monoisotopic (exact) mass is 372 g/mol. The molecule has 3 heterocycles. The zero-order chi connectivity index (χ0) is 17.1. The summed E-state index contributed by atoms with van der Waals surface area (Å²) in [5, 5.41) is 2.01. The molecule has 0 amide bonds. The van der Waals surface area contributed by atoms with Gasteiger partial charge in [0.25, 0.3) is 0 Å². The van der Waals surface area contributed by atoms with E-state index in [2.05, 4.69) is 39.0 Å². The molecule has 0 aliphatic carbocycles. The summed E-state index contributed by atoms with van der Waals surface area (Å²) in [7, 11) is 0. The minimum absolute atomic E-state index is 0.753. The lowest BCUT2D eigenvalue weighted by Crippen LogP contribution is -2.47. The van der Waals surface area contributed by atoms with Crippen molar-refractivity contribution in [1.82, 2.24) is 14.9 Å². The first-order chi connectivity index (χ1) is 12.3. The van der Waals surface area contributed by atoms with Gasteiger partial charge in [-0.15, -0.1) is 11.3 Å². The summed E-state index contributed by atoms with van der Waals surface area (Å²) in [4.78, 5) is 14.0. The van der Waals surface area contributed by atoms with Crippen molar-refractivity contribution < 1.29 is 0 Å². The molecule has 25 heavy (non-hydrogen) atoms. The largest absolute Gasteiger partial charge is 0.354 e. The van der Waals surface area contributed by atoms with E-state index in [1.54, 1.807) is 6.20 Å². The van der Waals surface area contributed by atoms with Crippen LogP contribution in [0.25, 0.3) is 10.2 Å². The highest BCUT2D eigenvalue weighted by Crippen LogP contribution is 2.23. The summed E-state index contributed by atoms with van der Waals surface area (Å²) in [6, 6.07) is 12.2. The quantitative estimate of drug-likeness (QED) is 0.675. The number of pyridine rings is 1. The molecule has 3 aromatic rings. The fraction of sp³-hybridized carbons (Fsp3) is 0.368. The maximum atomic E-state index is 6.07. The highest BCUT2D eigenvalue weighted by molar-refractivity contribution is 7.18. The molecule has 0 spiro atoms. The minimum Gasteiger partial charge on any atom is -0.354 e. The van der Waals surface area contributed by atoms with E-state index in [4.69, 9.17) is 16.6 Å². The van der Waals surface area contributed by atoms with Gasteiger partial charge in [-0.05, 0) is 37.2 Å². The average Bonchev–Trinajstić information content (AvgIpc) is 3.05. The Morgan fingerprint density at radius 1 is 1.08 bits per heavy atom. The fourth-order valence-corrected chi connectivity index (χ4v) is 4.41. The first-order valence-electron chi connectivity index (χ1n) is 8.71. The number of benzene rings is 1. The molecule has 4 rings (SSSR count). The van der Waals surface area contributed by atoms with Crippen LogP contribution in [0.3, 0.4) is 0 Å². The molecule has 0 radical (unpaired) electrons. The second kappa shape index (κ2) is 7.68. The minimum atomic E-state index is 0.753. The van der Waals surface area contributed by atoms with E-state index in [0.717, 1.165) is 61.9 Å². The van der Waals surface area contributed by atoms with Gasteiger partial charge in [-0.2, -0.15) is 0 Å². The molecule has 6 heteroatoms. The molecular formula is C19H21ClN4S. The number of thiazole rings is 1. The molecule has 0 bridgehead atoms. The second-order valence-corrected chi connectivity index (χ2v) is 7.89. The van der Waals surface area contributed by atoms with Gasteiger partial charge in [0.15, 0.2) is 0 Å². The van der Waals surface area contributed by atoms with Crippen LogP contribution in [0.15, 0.2) is 42.6 Å². The molecule has 0 saturated carbocycles. The number of rotatable bonds is 5. The molecule has 1 saturated heterocycles. The average molecular weight is 373 g/mol. The standard InChI is InChI=1S/C19H21ClN4S/c20-15-7-8-21-18(14-15)24-12-10-23(11-13-24)9-3-6-19-22-16-4-1-2-5-17(16)25-19/h1-2,4-5,7-8,14H,3,6,9-13H2. The van der Waals surface area contributed by atoms with Gasteiger partial charge in [-0.3, -0.25) is 4.90 Å². The number of aromatic nitrogens is 2. The van der Waals surface area contributed by atoms with E-state index in [1.807, 2.05) is 23.5 Å². The highest BCUT2D eigenvalue weighted by atomic mass is 35.5. The van der Waals surface area contributed by atoms with Crippen LogP contribution in [0.1, 0.15) is 11.4 Å². The molecule has 1 aromatic carbocycles. The molecule has 0 atom stereocenters. The van der Waals surface area contributed by atoms with Gasteiger partial charge in [0.2, 0.25) is 0 Å². The normalized spacial score (nSPS) is 15.8. The Kier molecular flexibility index (Phi) is 5.15. The number of fused-ring (bicyclic) bond motifs is 1. The Morgan fingerprint density at radius 2 is 1.92 bits per heavy atom. The van der Waals surface area contributed by atoms with Crippen molar-refractivity contribution >= 4 is 39.0 Å². The smallest absolute Gasteiger partial charge is 0.130 e. The van der Waals surface area contributed by atoms with Crippen LogP contribution in [0.4, 0.5) is 5.82 Å². The molecule has 1 fully saturated rings. The van der Waals surface area contributed by atoms with Crippen molar-refractivity contribution in [3.63, 3.8) is 0 Å². The summed E-state index contributed by atoms with van der Waals surface area (Å²) in [5.74, 6) is 0.988. The number of anilines is 1. The van der Waals surface area contributed by atoms with Crippen LogP contribution < -0.4 is 4.90 Å². The van der Waals surface area contributed by atoms with Crippen LogP contribution in [0.2, 0.25) is 5.02 Å². The number of hydrogen-bond acceptors (Lipinski definition) is 5. The Labute approximate surface area is 157 Å². The van der Waals surface area contributed by atoms with Crippen molar-refractivity contribution in [1.29, 1.82) is 0 Å². The third-order valence-electron chi connectivity index (χ3n) is 4.61. The number of hydrogen-bond donors (Lipinski definition) is 0. The van der Waals surface area contributed by atoms with Crippen molar-refractivity contribution in [2.45, 2.75) is 12.8 Å². The number of aryl methyl sites for hydroxylation is 1. The third kappa shape index (κ3) is 4.11. The van der Waals surface area contributed by atoms with Crippen molar-refractivity contribution in [2.24, 2.45) is 0 Å². The van der Waals surface area contributed by atoms with E-state index in [0.29, 0.717) is 0 Å². The Hall–Kier alpha value is -1.69. The van der Waals surface area contributed by atoms with E-state index < -0.39 is 0 Å². The fourth-order valence-electron chi connectivity index (χ4n) is 3.25. The van der Waals surface area contributed by atoms with E-state index in [-0.39, 0.29) is 0 Å². The lowest BCUT2D eigenvalue weighted by molar-refractivity contribution is 0.254. The molecular weight excluding hydrogens is 352 g/mol. The highest BCUT2D eigenvalue weighted by Gasteiger charge is 2.18. The topological polar surface area (TPSA) is 32.3 Å². The summed E-state index contributed by atoms with van der Waals surface area (Å²) >= 11 is 7.89. The Bertz CT molecular complexity index is 809. The number of piperazine rings is 1. The molecule has 0 N–H and O–H groups in total. The number of nitrogens with zero attached hydrogens (tertiary/aromatic N) is 4. The summed E-state index contributed by atoms with van der Waals surface area (Å²) in [5.41, 5.74) is 1.13. The summed E-state index contributed by atoms with van der Waals surface area (Å²) in [6.07, 6.45) is 4.01. The summed E-state index contributed by atoms with van der Waals surface area (Å²) in [6.45, 7) is 5.30. The third-order valence-corrected chi connectivity index (χ3v) is 5.94. The van der Waals surface area contributed by atoms with Crippen LogP contribution in [0.5, 0.6) is 0 Å². The van der Waals surface area contributed by atoms with Gasteiger partial charge in [-0.1, -0.05) is 23.7 Å². The maximum absolute atomic E-state index is 6.07. The molecule has 130 valence electrons. The molecule has 2 aromatic heterocycles. The lowest BCUT2D eigenvalue weighted by Gasteiger charge is -2.35. The first-order valence-corrected chi connectivity index (χ1v) is 9.91. The van der Waals surface area contributed by atoms with Crippen LogP contribution in [-0.4, -0.2) is 47.6 Å². The second-order valence-electron chi connectivity index (χ2n) is 6.34. The van der Waals surface area contributed by atoms with Gasteiger partial charge in [-0.25, -0.2) is 9.97 Å². The predicted molar refractivity (Wildman–Crippen MR) is 106 cm³/mol. The van der Waals surface area contributed by atoms with E-state index >= 15 is 0 Å². The van der Waals surface area contributed by atoms with Crippen molar-refractivity contribution in [2.75, 3.05) is 37.6 Å². The van der Waals surface area contributed by atoms with Gasteiger partial charge < -0.3 is 4.90 Å². The molecule has 0 unspecified atom stereocenters.